The van der Waals surface area contributed by atoms with E-state index in [1.807, 2.05) is 31.2 Å². The Hall–Kier alpha value is -2.25. The molecule has 0 unspecified atom stereocenters. The molecular formula is C16H14ClN5OS. The molecule has 122 valence electrons. The van der Waals surface area contributed by atoms with Crippen LogP contribution in [0.2, 0.25) is 5.02 Å². The number of thiazole rings is 1. The lowest BCUT2D eigenvalue weighted by molar-refractivity contribution is 0.0953. The fraction of sp³-hybridized carbons (Fsp3) is 0.250. The van der Waals surface area contributed by atoms with E-state index in [9.17, 15) is 4.79 Å². The van der Waals surface area contributed by atoms with Crippen LogP contribution in [0.3, 0.4) is 0 Å². The molecule has 1 aromatic carbocycles. The van der Waals surface area contributed by atoms with Gasteiger partial charge >= 0.3 is 0 Å². The predicted molar refractivity (Wildman–Crippen MR) is 92.3 cm³/mol. The first-order chi connectivity index (χ1) is 11.6. The van der Waals surface area contributed by atoms with Crippen LogP contribution in [0.25, 0.3) is 10.8 Å². The Bertz CT molecular complexity index is 892. The average molecular weight is 360 g/mol. The zero-order valence-electron chi connectivity index (χ0n) is 12.8. The van der Waals surface area contributed by atoms with Gasteiger partial charge in [0.15, 0.2) is 10.8 Å². The van der Waals surface area contributed by atoms with Crippen LogP contribution in [0.1, 0.15) is 33.3 Å². The van der Waals surface area contributed by atoms with Crippen molar-refractivity contribution in [3.05, 3.63) is 51.7 Å². The molecule has 1 fully saturated rings. The number of nitrogens with zero attached hydrogens (tertiary/aromatic N) is 3. The highest BCUT2D eigenvalue weighted by molar-refractivity contribution is 7.17. The molecule has 2 N–H and O–H groups in total. The summed E-state index contributed by atoms with van der Waals surface area (Å²) in [6.45, 7) is 1.82. The SMILES string of the molecule is Cc1nc(-c2ncn[nH]2)sc1C(=O)N[C@H]1C[C@H]1c1ccccc1Cl. The van der Waals surface area contributed by atoms with Gasteiger partial charge in [-0.25, -0.2) is 9.97 Å². The number of H-pyrrole nitrogens is 1. The summed E-state index contributed by atoms with van der Waals surface area (Å²) in [6.07, 6.45) is 2.33. The third-order valence-electron chi connectivity index (χ3n) is 4.03. The maximum Gasteiger partial charge on any atom is 0.263 e. The Balaban J connectivity index is 1.47. The highest BCUT2D eigenvalue weighted by Gasteiger charge is 2.41. The lowest BCUT2D eigenvalue weighted by Gasteiger charge is -2.05. The molecule has 0 spiro atoms. The van der Waals surface area contributed by atoms with Gasteiger partial charge in [-0.05, 0) is 25.0 Å². The Morgan fingerprint density at radius 1 is 1.42 bits per heavy atom. The third-order valence-corrected chi connectivity index (χ3v) is 5.54. The topological polar surface area (TPSA) is 83.6 Å². The Labute approximate surface area is 147 Å². The molecule has 1 aliphatic carbocycles. The van der Waals surface area contributed by atoms with Gasteiger partial charge < -0.3 is 5.32 Å². The minimum absolute atomic E-state index is 0.102. The van der Waals surface area contributed by atoms with Crippen LogP contribution in [-0.4, -0.2) is 32.1 Å². The van der Waals surface area contributed by atoms with Crippen molar-refractivity contribution in [2.75, 3.05) is 0 Å². The second-order valence-corrected chi connectivity index (χ2v) is 7.12. The van der Waals surface area contributed by atoms with E-state index >= 15 is 0 Å². The molecule has 0 aliphatic heterocycles. The number of carbonyl (C=O) groups excluding carboxylic acids is 1. The van der Waals surface area contributed by atoms with Crippen LogP contribution in [0.15, 0.2) is 30.6 Å². The minimum Gasteiger partial charge on any atom is -0.348 e. The molecular weight excluding hydrogens is 346 g/mol. The van der Waals surface area contributed by atoms with Crippen molar-refractivity contribution in [1.29, 1.82) is 0 Å². The van der Waals surface area contributed by atoms with Gasteiger partial charge in [-0.15, -0.1) is 11.3 Å². The number of carbonyl (C=O) groups is 1. The van der Waals surface area contributed by atoms with E-state index in [0.717, 1.165) is 17.0 Å². The van der Waals surface area contributed by atoms with Crippen molar-refractivity contribution < 1.29 is 4.79 Å². The Morgan fingerprint density at radius 3 is 3.00 bits per heavy atom. The zero-order chi connectivity index (χ0) is 16.7. The molecule has 0 bridgehead atoms. The van der Waals surface area contributed by atoms with Gasteiger partial charge in [0, 0.05) is 17.0 Å². The van der Waals surface area contributed by atoms with Crippen molar-refractivity contribution >= 4 is 28.8 Å². The maximum atomic E-state index is 12.5. The normalized spacial score (nSPS) is 19.2. The van der Waals surface area contributed by atoms with Gasteiger partial charge in [0.05, 0.1) is 5.69 Å². The first kappa shape index (κ1) is 15.3. The van der Waals surface area contributed by atoms with Gasteiger partial charge in [-0.1, -0.05) is 29.8 Å². The smallest absolute Gasteiger partial charge is 0.263 e. The quantitative estimate of drug-likeness (QED) is 0.749. The number of halogens is 1. The van der Waals surface area contributed by atoms with Crippen molar-refractivity contribution in [3.63, 3.8) is 0 Å². The minimum atomic E-state index is -0.102. The Kier molecular flexibility index (Phi) is 3.82. The van der Waals surface area contributed by atoms with E-state index in [-0.39, 0.29) is 17.9 Å². The summed E-state index contributed by atoms with van der Waals surface area (Å²) in [5.41, 5.74) is 1.78. The van der Waals surface area contributed by atoms with E-state index in [1.54, 1.807) is 0 Å². The van der Waals surface area contributed by atoms with Crippen LogP contribution in [0.5, 0.6) is 0 Å². The molecule has 0 saturated heterocycles. The molecule has 6 nitrogen and oxygen atoms in total. The van der Waals surface area contributed by atoms with Gasteiger partial charge in [0.25, 0.3) is 5.91 Å². The number of aromatic amines is 1. The average Bonchev–Trinajstić information content (AvgIpc) is 2.99. The molecule has 1 saturated carbocycles. The number of aryl methyl sites for hydroxylation is 1. The standard InChI is InChI=1S/C16H14ClN5OS/c1-8-13(24-16(20-8)14-18-7-19-22-14)15(23)21-12-6-10(12)9-4-2-3-5-11(9)17/h2-5,7,10,12H,6H2,1H3,(H,21,23)(H,18,19,22)/t10-,12-/m0/s1. The number of hydrogen-bond donors (Lipinski definition) is 2. The monoisotopic (exact) mass is 359 g/mol. The van der Waals surface area contributed by atoms with Gasteiger partial charge in [0.1, 0.15) is 11.2 Å². The van der Waals surface area contributed by atoms with Crippen LogP contribution < -0.4 is 5.32 Å². The van der Waals surface area contributed by atoms with Crippen LogP contribution in [-0.2, 0) is 0 Å². The molecule has 2 aromatic heterocycles. The first-order valence-corrected chi connectivity index (χ1v) is 8.71. The maximum absolute atomic E-state index is 12.5. The van der Waals surface area contributed by atoms with Crippen molar-refractivity contribution in [1.82, 2.24) is 25.5 Å². The van der Waals surface area contributed by atoms with Crippen molar-refractivity contribution in [3.8, 4) is 10.8 Å². The Morgan fingerprint density at radius 2 is 2.25 bits per heavy atom. The summed E-state index contributed by atoms with van der Waals surface area (Å²) in [4.78, 5) is 21.6. The molecule has 8 heteroatoms. The molecule has 2 atom stereocenters. The fourth-order valence-electron chi connectivity index (χ4n) is 2.72. The lowest BCUT2D eigenvalue weighted by atomic mass is 10.1. The molecule has 4 rings (SSSR count). The van der Waals surface area contributed by atoms with Crippen molar-refractivity contribution in [2.24, 2.45) is 0 Å². The number of aromatic nitrogens is 4. The van der Waals surface area contributed by atoms with E-state index in [2.05, 4.69) is 25.5 Å². The van der Waals surface area contributed by atoms with E-state index in [0.29, 0.717) is 21.4 Å². The van der Waals surface area contributed by atoms with E-state index in [4.69, 9.17) is 11.6 Å². The second-order valence-electron chi connectivity index (χ2n) is 5.71. The molecule has 1 aliphatic rings. The summed E-state index contributed by atoms with van der Waals surface area (Å²) in [5.74, 6) is 0.752. The third kappa shape index (κ3) is 2.81. The van der Waals surface area contributed by atoms with Crippen LogP contribution in [0, 0.1) is 6.92 Å². The molecule has 0 radical (unpaired) electrons. The van der Waals surface area contributed by atoms with Crippen LogP contribution >= 0.6 is 22.9 Å². The predicted octanol–water partition coefficient (Wildman–Crippen LogP) is 3.18. The number of nitrogens with one attached hydrogen (secondary N) is 2. The summed E-state index contributed by atoms with van der Waals surface area (Å²) < 4.78 is 0. The molecule has 24 heavy (non-hydrogen) atoms. The number of amides is 1. The summed E-state index contributed by atoms with van der Waals surface area (Å²) in [7, 11) is 0. The van der Waals surface area contributed by atoms with Gasteiger partial charge in [-0.3, -0.25) is 9.89 Å². The molecule has 2 heterocycles. The lowest BCUT2D eigenvalue weighted by Crippen LogP contribution is -2.26. The summed E-state index contributed by atoms with van der Waals surface area (Å²) in [6, 6.07) is 7.89. The molecule has 3 aromatic rings. The zero-order valence-corrected chi connectivity index (χ0v) is 14.4. The summed E-state index contributed by atoms with van der Waals surface area (Å²) >= 11 is 7.54. The van der Waals surface area contributed by atoms with Crippen molar-refractivity contribution in [2.45, 2.75) is 25.3 Å². The van der Waals surface area contributed by atoms with E-state index in [1.165, 1.54) is 17.7 Å². The number of benzene rings is 1. The van der Waals surface area contributed by atoms with Gasteiger partial charge in [0.2, 0.25) is 0 Å². The summed E-state index contributed by atoms with van der Waals surface area (Å²) in [5, 5.41) is 11.1. The van der Waals surface area contributed by atoms with Crippen LogP contribution in [0.4, 0.5) is 0 Å². The highest BCUT2D eigenvalue weighted by atomic mass is 35.5. The second kappa shape index (κ2) is 5.99. The van der Waals surface area contributed by atoms with Gasteiger partial charge in [-0.2, -0.15) is 5.10 Å². The largest absolute Gasteiger partial charge is 0.348 e. The first-order valence-electron chi connectivity index (χ1n) is 7.52. The highest BCUT2D eigenvalue weighted by Crippen LogP contribution is 2.43. The number of rotatable bonds is 4. The van der Waals surface area contributed by atoms with E-state index < -0.39 is 0 Å². The fourth-order valence-corrected chi connectivity index (χ4v) is 3.92. The number of hydrogen-bond acceptors (Lipinski definition) is 5. The molecule has 1 amide bonds.